The molecule has 1 heterocycles. The van der Waals surface area contributed by atoms with Crippen molar-refractivity contribution in [2.45, 2.75) is 33.2 Å². The smallest absolute Gasteiger partial charge is 0.272 e. The molecule has 0 saturated carbocycles. The molecule has 106 valence electrons. The van der Waals surface area contributed by atoms with E-state index in [0.29, 0.717) is 5.69 Å². The molecule has 0 radical (unpaired) electrons. The van der Waals surface area contributed by atoms with Gasteiger partial charge >= 0.3 is 0 Å². The third kappa shape index (κ3) is 3.51. The fraction of sp³-hybridized carbons (Fsp3) is 0.312. The van der Waals surface area contributed by atoms with E-state index in [0.717, 1.165) is 29.5 Å². The second-order valence-electron chi connectivity index (χ2n) is 4.73. The van der Waals surface area contributed by atoms with E-state index in [-0.39, 0.29) is 5.91 Å². The number of aromatic nitrogens is 1. The number of rotatable bonds is 5. The maximum Gasteiger partial charge on any atom is 0.272 e. The van der Waals surface area contributed by atoms with Gasteiger partial charge in [-0.15, -0.1) is 0 Å². The minimum atomic E-state index is -0.0826. The Labute approximate surface area is 128 Å². The van der Waals surface area contributed by atoms with Crippen LogP contribution in [-0.2, 0) is 13.0 Å². The van der Waals surface area contributed by atoms with Crippen LogP contribution in [0.3, 0.4) is 0 Å². The van der Waals surface area contributed by atoms with Crippen LogP contribution in [0.2, 0.25) is 0 Å². The molecule has 0 aliphatic carbocycles. The fourth-order valence-corrected chi connectivity index (χ4v) is 2.63. The lowest BCUT2D eigenvalue weighted by atomic mass is 10.1. The third-order valence-corrected chi connectivity index (χ3v) is 3.62. The van der Waals surface area contributed by atoms with Gasteiger partial charge in [0, 0.05) is 22.9 Å². The van der Waals surface area contributed by atoms with E-state index in [9.17, 15) is 4.79 Å². The van der Waals surface area contributed by atoms with Gasteiger partial charge in [0.1, 0.15) is 5.69 Å². The Morgan fingerprint density at radius 2 is 1.95 bits per heavy atom. The molecule has 1 aromatic heterocycles. The highest BCUT2D eigenvalue weighted by Gasteiger charge is 2.12. The monoisotopic (exact) mass is 334 g/mol. The van der Waals surface area contributed by atoms with E-state index in [1.165, 1.54) is 5.56 Å². The van der Waals surface area contributed by atoms with E-state index in [4.69, 9.17) is 0 Å². The summed E-state index contributed by atoms with van der Waals surface area (Å²) in [5.74, 6) is -0.0826. The first-order valence-corrected chi connectivity index (χ1v) is 7.69. The standard InChI is InChI=1S/C16H19BrN2O/c1-3-5-12-6-8-14(9-7-12)18-16(20)15-10-13(17)11-19(15)4-2/h6-11H,3-5H2,1-2H3,(H,18,20). The molecular formula is C16H19BrN2O. The maximum atomic E-state index is 12.3. The zero-order valence-corrected chi connectivity index (χ0v) is 13.4. The van der Waals surface area contributed by atoms with Gasteiger partial charge in [0.15, 0.2) is 0 Å². The second-order valence-corrected chi connectivity index (χ2v) is 5.65. The molecule has 0 bridgehead atoms. The molecule has 2 aromatic rings. The molecular weight excluding hydrogens is 316 g/mol. The Bertz CT molecular complexity index is 587. The highest BCUT2D eigenvalue weighted by molar-refractivity contribution is 9.10. The van der Waals surface area contributed by atoms with E-state index < -0.39 is 0 Å². The fourth-order valence-electron chi connectivity index (χ4n) is 2.17. The Balaban J connectivity index is 2.10. The number of nitrogens with one attached hydrogen (secondary N) is 1. The van der Waals surface area contributed by atoms with Crippen LogP contribution in [0.5, 0.6) is 0 Å². The van der Waals surface area contributed by atoms with E-state index >= 15 is 0 Å². The first-order valence-electron chi connectivity index (χ1n) is 6.90. The predicted molar refractivity (Wildman–Crippen MR) is 86.2 cm³/mol. The topological polar surface area (TPSA) is 34.0 Å². The third-order valence-electron chi connectivity index (χ3n) is 3.19. The molecule has 1 N–H and O–H groups in total. The van der Waals surface area contributed by atoms with Crippen LogP contribution in [-0.4, -0.2) is 10.5 Å². The predicted octanol–water partition coefficient (Wildman–Crippen LogP) is 4.48. The van der Waals surface area contributed by atoms with Crippen molar-refractivity contribution in [1.29, 1.82) is 0 Å². The minimum Gasteiger partial charge on any atom is -0.343 e. The largest absolute Gasteiger partial charge is 0.343 e. The highest BCUT2D eigenvalue weighted by atomic mass is 79.9. The Hall–Kier alpha value is -1.55. The quantitative estimate of drug-likeness (QED) is 0.859. The molecule has 0 atom stereocenters. The van der Waals surface area contributed by atoms with Gasteiger partial charge in [0.05, 0.1) is 0 Å². The lowest BCUT2D eigenvalue weighted by molar-refractivity contribution is 0.101. The van der Waals surface area contributed by atoms with E-state index in [2.05, 4.69) is 40.3 Å². The van der Waals surface area contributed by atoms with Gasteiger partial charge in [-0.25, -0.2) is 0 Å². The number of amides is 1. The summed E-state index contributed by atoms with van der Waals surface area (Å²) in [5, 5.41) is 2.93. The molecule has 0 spiro atoms. The molecule has 0 aliphatic heterocycles. The van der Waals surface area contributed by atoms with Gasteiger partial charge in [0.2, 0.25) is 0 Å². The SMILES string of the molecule is CCCc1ccc(NC(=O)c2cc(Br)cn2CC)cc1. The van der Waals surface area contributed by atoms with Gasteiger partial charge in [-0.3, -0.25) is 4.79 Å². The van der Waals surface area contributed by atoms with Gasteiger partial charge in [-0.2, -0.15) is 0 Å². The number of carbonyl (C=O) groups is 1. The number of nitrogens with zero attached hydrogens (tertiary/aromatic N) is 1. The molecule has 0 aliphatic rings. The van der Waals surface area contributed by atoms with Gasteiger partial charge in [-0.1, -0.05) is 25.5 Å². The first-order chi connectivity index (χ1) is 9.63. The summed E-state index contributed by atoms with van der Waals surface area (Å²) < 4.78 is 2.84. The van der Waals surface area contributed by atoms with Crippen molar-refractivity contribution >= 4 is 27.5 Å². The Kier molecular flexibility index (Phi) is 5.01. The summed E-state index contributed by atoms with van der Waals surface area (Å²) in [6.45, 7) is 4.94. The van der Waals surface area contributed by atoms with Crippen LogP contribution in [0, 0.1) is 0 Å². The Morgan fingerprint density at radius 3 is 2.55 bits per heavy atom. The van der Waals surface area contributed by atoms with Crippen molar-refractivity contribution in [3.8, 4) is 0 Å². The molecule has 1 amide bonds. The van der Waals surface area contributed by atoms with Gasteiger partial charge < -0.3 is 9.88 Å². The summed E-state index contributed by atoms with van der Waals surface area (Å²) in [6, 6.07) is 9.88. The van der Waals surface area contributed by atoms with Crippen LogP contribution >= 0.6 is 15.9 Å². The summed E-state index contributed by atoms with van der Waals surface area (Å²) in [5.41, 5.74) is 2.79. The molecule has 3 nitrogen and oxygen atoms in total. The molecule has 0 unspecified atom stereocenters. The normalized spacial score (nSPS) is 10.6. The van der Waals surface area contributed by atoms with Crippen LogP contribution in [0.25, 0.3) is 0 Å². The number of aryl methyl sites for hydroxylation is 2. The number of anilines is 1. The average molecular weight is 335 g/mol. The summed E-state index contributed by atoms with van der Waals surface area (Å²) in [6.07, 6.45) is 4.11. The Morgan fingerprint density at radius 1 is 1.25 bits per heavy atom. The first kappa shape index (κ1) is 14.9. The zero-order chi connectivity index (χ0) is 14.5. The van der Waals surface area contributed by atoms with Crippen LogP contribution in [0.15, 0.2) is 41.0 Å². The van der Waals surface area contributed by atoms with Crippen molar-refractivity contribution in [3.05, 3.63) is 52.3 Å². The summed E-state index contributed by atoms with van der Waals surface area (Å²) in [4.78, 5) is 12.3. The molecule has 4 heteroatoms. The highest BCUT2D eigenvalue weighted by Crippen LogP contribution is 2.17. The number of hydrogen-bond acceptors (Lipinski definition) is 1. The molecule has 0 fully saturated rings. The second kappa shape index (κ2) is 6.75. The van der Waals surface area contributed by atoms with E-state index in [1.807, 2.05) is 35.9 Å². The lowest BCUT2D eigenvalue weighted by Gasteiger charge is -2.08. The van der Waals surface area contributed by atoms with Crippen LogP contribution in [0.1, 0.15) is 36.3 Å². The molecule has 2 rings (SSSR count). The number of hydrogen-bond donors (Lipinski definition) is 1. The molecule has 1 aromatic carbocycles. The summed E-state index contributed by atoms with van der Waals surface area (Å²) >= 11 is 3.40. The molecule has 0 saturated heterocycles. The van der Waals surface area contributed by atoms with Gasteiger partial charge in [0.25, 0.3) is 5.91 Å². The maximum absolute atomic E-state index is 12.3. The number of halogens is 1. The van der Waals surface area contributed by atoms with Crippen molar-refractivity contribution in [2.75, 3.05) is 5.32 Å². The van der Waals surface area contributed by atoms with Gasteiger partial charge in [-0.05, 0) is 53.0 Å². The van der Waals surface area contributed by atoms with Crippen molar-refractivity contribution in [3.63, 3.8) is 0 Å². The van der Waals surface area contributed by atoms with Crippen LogP contribution in [0.4, 0.5) is 5.69 Å². The summed E-state index contributed by atoms with van der Waals surface area (Å²) in [7, 11) is 0. The number of carbonyl (C=O) groups excluding carboxylic acids is 1. The number of benzene rings is 1. The van der Waals surface area contributed by atoms with Crippen molar-refractivity contribution in [2.24, 2.45) is 0 Å². The zero-order valence-electron chi connectivity index (χ0n) is 11.8. The lowest BCUT2D eigenvalue weighted by Crippen LogP contribution is -2.16. The molecule has 20 heavy (non-hydrogen) atoms. The van der Waals surface area contributed by atoms with E-state index in [1.54, 1.807) is 0 Å². The van der Waals surface area contributed by atoms with Crippen molar-refractivity contribution < 1.29 is 4.79 Å². The van der Waals surface area contributed by atoms with Crippen LogP contribution < -0.4 is 5.32 Å². The van der Waals surface area contributed by atoms with Crippen molar-refractivity contribution in [1.82, 2.24) is 4.57 Å². The average Bonchev–Trinajstić information content (AvgIpc) is 2.82. The minimum absolute atomic E-state index is 0.0826.